The molecule has 0 saturated heterocycles. The highest BCUT2D eigenvalue weighted by Gasteiger charge is 2.32. The molecular weight excluding hydrogens is 256 g/mol. The zero-order valence-corrected chi connectivity index (χ0v) is 12.1. The third-order valence-electron chi connectivity index (χ3n) is 4.32. The van der Waals surface area contributed by atoms with Crippen LogP contribution in [-0.2, 0) is 9.84 Å². The van der Waals surface area contributed by atoms with Gasteiger partial charge in [-0.15, -0.1) is 11.6 Å². The number of halogens is 1. The fraction of sp³-hybridized carbons (Fsp3) is 1.00. The molecule has 2 aliphatic carbocycles. The molecule has 0 aromatic rings. The van der Waals surface area contributed by atoms with Crippen molar-refractivity contribution in [2.75, 3.05) is 6.26 Å². The minimum Gasteiger partial charge on any atom is -0.229 e. The lowest BCUT2D eigenvalue weighted by Crippen LogP contribution is -2.27. The Morgan fingerprint density at radius 3 is 2.53 bits per heavy atom. The number of hydrogen-bond donors (Lipinski definition) is 0. The smallest absolute Gasteiger partial charge is 0.150 e. The van der Waals surface area contributed by atoms with Crippen LogP contribution in [0.4, 0.5) is 0 Å². The van der Waals surface area contributed by atoms with Gasteiger partial charge in [-0.2, -0.15) is 0 Å². The van der Waals surface area contributed by atoms with Crippen LogP contribution in [0.1, 0.15) is 51.4 Å². The van der Waals surface area contributed by atoms with Gasteiger partial charge in [0.05, 0.1) is 5.25 Å². The molecular formula is C13H23ClO2S. The summed E-state index contributed by atoms with van der Waals surface area (Å²) < 4.78 is 23.1. The Morgan fingerprint density at radius 1 is 1.24 bits per heavy atom. The standard InChI is InChI=1S/C13H23ClO2S/c1-17(15,16)12-4-2-3-10(9-12)5-8-13(14)11-6-7-11/h10-13H,2-9H2,1H3. The largest absolute Gasteiger partial charge is 0.229 e. The van der Waals surface area contributed by atoms with E-state index in [2.05, 4.69) is 0 Å². The molecule has 3 unspecified atom stereocenters. The molecule has 0 amide bonds. The summed E-state index contributed by atoms with van der Waals surface area (Å²) in [6.07, 6.45) is 10.2. The molecule has 0 N–H and O–H groups in total. The van der Waals surface area contributed by atoms with Gasteiger partial charge in [-0.1, -0.05) is 12.8 Å². The van der Waals surface area contributed by atoms with Crippen molar-refractivity contribution in [1.82, 2.24) is 0 Å². The molecule has 0 bridgehead atoms. The molecule has 2 nitrogen and oxygen atoms in total. The normalized spacial score (nSPS) is 32.4. The zero-order valence-electron chi connectivity index (χ0n) is 10.6. The number of hydrogen-bond acceptors (Lipinski definition) is 2. The van der Waals surface area contributed by atoms with E-state index in [1.807, 2.05) is 0 Å². The fourth-order valence-corrected chi connectivity index (χ4v) is 4.58. The number of alkyl halides is 1. The SMILES string of the molecule is CS(=O)(=O)C1CCCC(CCC(Cl)C2CC2)C1. The van der Waals surface area contributed by atoms with Crippen molar-refractivity contribution in [1.29, 1.82) is 0 Å². The monoisotopic (exact) mass is 278 g/mol. The highest BCUT2D eigenvalue weighted by molar-refractivity contribution is 7.91. The van der Waals surface area contributed by atoms with Gasteiger partial charge in [0.1, 0.15) is 9.84 Å². The molecule has 3 atom stereocenters. The van der Waals surface area contributed by atoms with Gasteiger partial charge in [0, 0.05) is 11.6 Å². The summed E-state index contributed by atoms with van der Waals surface area (Å²) in [7, 11) is -2.83. The summed E-state index contributed by atoms with van der Waals surface area (Å²) in [5.74, 6) is 1.34. The average Bonchev–Trinajstić information content (AvgIpc) is 3.09. The van der Waals surface area contributed by atoms with E-state index in [1.165, 1.54) is 25.5 Å². The van der Waals surface area contributed by atoms with Crippen LogP contribution in [-0.4, -0.2) is 25.3 Å². The molecule has 100 valence electrons. The second-order valence-electron chi connectivity index (χ2n) is 5.91. The minimum atomic E-state index is -2.83. The summed E-state index contributed by atoms with van der Waals surface area (Å²) in [5, 5.41) is 0.254. The summed E-state index contributed by atoms with van der Waals surface area (Å²) in [5.41, 5.74) is 0. The number of sulfone groups is 1. The van der Waals surface area contributed by atoms with Gasteiger partial charge in [0.2, 0.25) is 0 Å². The van der Waals surface area contributed by atoms with Gasteiger partial charge >= 0.3 is 0 Å². The molecule has 2 fully saturated rings. The molecule has 0 aliphatic heterocycles. The molecule has 0 spiro atoms. The van der Waals surface area contributed by atoms with Crippen LogP contribution in [0.2, 0.25) is 0 Å². The Labute approximate surface area is 110 Å². The molecule has 0 radical (unpaired) electrons. The van der Waals surface area contributed by atoms with Crippen LogP contribution in [0.3, 0.4) is 0 Å². The van der Waals surface area contributed by atoms with Gasteiger partial charge in [0.25, 0.3) is 0 Å². The predicted molar refractivity (Wildman–Crippen MR) is 72.2 cm³/mol. The van der Waals surface area contributed by atoms with Crippen molar-refractivity contribution in [2.45, 2.75) is 62.0 Å². The maximum Gasteiger partial charge on any atom is 0.150 e. The molecule has 17 heavy (non-hydrogen) atoms. The summed E-state index contributed by atoms with van der Waals surface area (Å²) in [6, 6.07) is 0. The van der Waals surface area contributed by atoms with E-state index in [0.29, 0.717) is 11.3 Å². The Balaban J connectivity index is 1.77. The fourth-order valence-electron chi connectivity index (χ4n) is 2.98. The van der Waals surface area contributed by atoms with E-state index in [1.54, 1.807) is 0 Å². The van der Waals surface area contributed by atoms with E-state index in [-0.39, 0.29) is 5.25 Å². The first-order chi connectivity index (χ1) is 7.97. The maximum absolute atomic E-state index is 11.6. The van der Waals surface area contributed by atoms with Crippen LogP contribution in [0, 0.1) is 11.8 Å². The summed E-state index contributed by atoms with van der Waals surface area (Å²) in [4.78, 5) is 0. The highest BCUT2D eigenvalue weighted by atomic mass is 35.5. The summed E-state index contributed by atoms with van der Waals surface area (Å²) in [6.45, 7) is 0. The zero-order chi connectivity index (χ0) is 12.5. The third kappa shape index (κ3) is 4.13. The minimum absolute atomic E-state index is 0.0871. The van der Waals surface area contributed by atoms with Crippen LogP contribution in [0.25, 0.3) is 0 Å². The molecule has 2 saturated carbocycles. The lowest BCUT2D eigenvalue weighted by atomic mass is 9.85. The van der Waals surface area contributed by atoms with Gasteiger partial charge < -0.3 is 0 Å². The van der Waals surface area contributed by atoms with Crippen molar-refractivity contribution in [3.63, 3.8) is 0 Å². The summed E-state index contributed by atoms with van der Waals surface area (Å²) >= 11 is 6.31. The Bertz CT molecular complexity index is 348. The van der Waals surface area contributed by atoms with E-state index in [4.69, 9.17) is 11.6 Å². The topological polar surface area (TPSA) is 34.1 Å². The Morgan fingerprint density at radius 2 is 1.94 bits per heavy atom. The quantitative estimate of drug-likeness (QED) is 0.723. The second kappa shape index (κ2) is 5.48. The van der Waals surface area contributed by atoms with E-state index < -0.39 is 9.84 Å². The van der Waals surface area contributed by atoms with Gasteiger partial charge in [-0.3, -0.25) is 0 Å². The van der Waals surface area contributed by atoms with E-state index in [9.17, 15) is 8.42 Å². The highest BCUT2D eigenvalue weighted by Crippen LogP contribution is 2.39. The molecule has 2 aliphatic rings. The van der Waals surface area contributed by atoms with Gasteiger partial charge in [-0.25, -0.2) is 8.42 Å². The molecule has 0 aromatic carbocycles. The maximum atomic E-state index is 11.6. The van der Waals surface area contributed by atoms with Gasteiger partial charge in [0.15, 0.2) is 0 Å². The Kier molecular flexibility index (Phi) is 4.40. The van der Waals surface area contributed by atoms with Crippen molar-refractivity contribution in [2.24, 2.45) is 11.8 Å². The van der Waals surface area contributed by atoms with Crippen LogP contribution in [0.5, 0.6) is 0 Å². The third-order valence-corrected chi connectivity index (χ3v) is 6.54. The van der Waals surface area contributed by atoms with Crippen molar-refractivity contribution in [3.05, 3.63) is 0 Å². The lowest BCUT2D eigenvalue weighted by molar-refractivity contribution is 0.328. The van der Waals surface area contributed by atoms with Crippen LogP contribution < -0.4 is 0 Å². The molecule has 0 heterocycles. The molecule has 4 heteroatoms. The van der Waals surface area contributed by atoms with Crippen molar-refractivity contribution < 1.29 is 8.42 Å². The first-order valence-electron chi connectivity index (χ1n) is 6.79. The average molecular weight is 279 g/mol. The van der Waals surface area contributed by atoms with Crippen LogP contribution in [0.15, 0.2) is 0 Å². The molecule has 0 aromatic heterocycles. The number of rotatable bonds is 5. The van der Waals surface area contributed by atoms with E-state index >= 15 is 0 Å². The second-order valence-corrected chi connectivity index (χ2v) is 8.80. The van der Waals surface area contributed by atoms with Gasteiger partial charge in [-0.05, 0) is 50.4 Å². The lowest BCUT2D eigenvalue weighted by Gasteiger charge is -2.28. The first-order valence-corrected chi connectivity index (χ1v) is 9.19. The Hall–Kier alpha value is 0.240. The van der Waals surface area contributed by atoms with Crippen molar-refractivity contribution >= 4 is 21.4 Å². The van der Waals surface area contributed by atoms with E-state index in [0.717, 1.165) is 38.0 Å². The molecule has 2 rings (SSSR count). The first kappa shape index (κ1) is 13.7. The van der Waals surface area contributed by atoms with Crippen molar-refractivity contribution in [3.8, 4) is 0 Å². The van der Waals surface area contributed by atoms with Crippen LogP contribution >= 0.6 is 11.6 Å². The predicted octanol–water partition coefficient (Wildman–Crippen LogP) is 3.39.